The van der Waals surface area contributed by atoms with Crippen molar-refractivity contribution in [1.82, 2.24) is 4.98 Å². The Morgan fingerprint density at radius 2 is 2.47 bits per heavy atom. The first-order chi connectivity index (χ1) is 8.22. The van der Waals surface area contributed by atoms with Crippen molar-refractivity contribution in [2.24, 2.45) is 0 Å². The first-order valence-corrected chi connectivity index (χ1v) is 5.86. The SMILES string of the molecule is COCCC(=O)c1sc(N)nc1-c1ccco1. The fraction of sp³-hybridized carbons (Fsp3) is 0.273. The third-order valence-electron chi connectivity index (χ3n) is 2.18. The van der Waals surface area contributed by atoms with Crippen molar-refractivity contribution < 1.29 is 13.9 Å². The van der Waals surface area contributed by atoms with Crippen LogP contribution in [0.4, 0.5) is 5.13 Å². The fourth-order valence-corrected chi connectivity index (χ4v) is 2.22. The van der Waals surface area contributed by atoms with Crippen LogP contribution in [0.3, 0.4) is 0 Å². The molecule has 2 N–H and O–H groups in total. The van der Waals surface area contributed by atoms with Crippen molar-refractivity contribution >= 4 is 22.3 Å². The maximum Gasteiger partial charge on any atom is 0.181 e. The highest BCUT2D eigenvalue weighted by Gasteiger charge is 2.19. The number of anilines is 1. The first kappa shape index (κ1) is 11.8. The van der Waals surface area contributed by atoms with Gasteiger partial charge in [0.25, 0.3) is 0 Å². The second-order valence-corrected chi connectivity index (χ2v) is 4.40. The van der Waals surface area contributed by atoms with Gasteiger partial charge in [-0.25, -0.2) is 4.98 Å². The number of hydrogen-bond donors (Lipinski definition) is 1. The van der Waals surface area contributed by atoms with Crippen LogP contribution in [0.5, 0.6) is 0 Å². The van der Waals surface area contributed by atoms with E-state index in [1.807, 2.05) is 0 Å². The van der Waals surface area contributed by atoms with Gasteiger partial charge in [-0.05, 0) is 12.1 Å². The summed E-state index contributed by atoms with van der Waals surface area (Å²) >= 11 is 1.17. The van der Waals surface area contributed by atoms with Crippen molar-refractivity contribution in [3.8, 4) is 11.5 Å². The zero-order valence-electron chi connectivity index (χ0n) is 9.30. The number of rotatable bonds is 5. The molecule has 0 bridgehead atoms. The van der Waals surface area contributed by atoms with Crippen LogP contribution in [0.25, 0.3) is 11.5 Å². The molecule has 2 heterocycles. The van der Waals surface area contributed by atoms with E-state index in [-0.39, 0.29) is 5.78 Å². The number of thiazole rings is 1. The first-order valence-electron chi connectivity index (χ1n) is 5.04. The molecule has 0 atom stereocenters. The van der Waals surface area contributed by atoms with Crippen LogP contribution in [0.2, 0.25) is 0 Å². The molecule has 0 aliphatic carbocycles. The topological polar surface area (TPSA) is 78.4 Å². The molecule has 0 spiro atoms. The zero-order chi connectivity index (χ0) is 12.3. The lowest BCUT2D eigenvalue weighted by atomic mass is 10.2. The van der Waals surface area contributed by atoms with E-state index in [4.69, 9.17) is 14.9 Å². The van der Waals surface area contributed by atoms with Crippen LogP contribution in [0.1, 0.15) is 16.1 Å². The van der Waals surface area contributed by atoms with Crippen LogP contribution in [-0.2, 0) is 4.74 Å². The average Bonchev–Trinajstić information content (AvgIpc) is 2.93. The average molecular weight is 252 g/mol. The summed E-state index contributed by atoms with van der Waals surface area (Å²) in [5.41, 5.74) is 6.15. The lowest BCUT2D eigenvalue weighted by Gasteiger charge is -1.98. The molecule has 90 valence electrons. The molecule has 0 unspecified atom stereocenters. The van der Waals surface area contributed by atoms with E-state index in [9.17, 15) is 4.79 Å². The largest absolute Gasteiger partial charge is 0.463 e. The van der Waals surface area contributed by atoms with Crippen LogP contribution in [-0.4, -0.2) is 24.5 Å². The van der Waals surface area contributed by atoms with Gasteiger partial charge in [-0.15, -0.1) is 0 Å². The smallest absolute Gasteiger partial charge is 0.181 e. The van der Waals surface area contributed by atoms with Gasteiger partial charge in [0.05, 0.1) is 12.9 Å². The highest BCUT2D eigenvalue weighted by atomic mass is 32.1. The van der Waals surface area contributed by atoms with Crippen molar-refractivity contribution in [2.75, 3.05) is 19.5 Å². The number of ether oxygens (including phenoxy) is 1. The van der Waals surface area contributed by atoms with Crippen LogP contribution in [0, 0.1) is 0 Å². The number of nitrogens with zero attached hydrogens (tertiary/aromatic N) is 1. The molecule has 0 aliphatic rings. The highest BCUT2D eigenvalue weighted by Crippen LogP contribution is 2.30. The molecule has 2 aromatic heterocycles. The van der Waals surface area contributed by atoms with Gasteiger partial charge in [-0.2, -0.15) is 0 Å². The minimum Gasteiger partial charge on any atom is -0.463 e. The van der Waals surface area contributed by atoms with E-state index in [0.29, 0.717) is 34.5 Å². The minimum absolute atomic E-state index is 0.0348. The van der Waals surface area contributed by atoms with Gasteiger partial charge in [0.15, 0.2) is 16.7 Å². The number of carbonyl (C=O) groups excluding carboxylic acids is 1. The third-order valence-corrected chi connectivity index (χ3v) is 3.11. The Kier molecular flexibility index (Phi) is 3.55. The molecule has 0 amide bonds. The summed E-state index contributed by atoms with van der Waals surface area (Å²) in [5.74, 6) is 0.520. The lowest BCUT2D eigenvalue weighted by Crippen LogP contribution is -2.02. The summed E-state index contributed by atoms with van der Waals surface area (Å²) < 4.78 is 10.1. The molecule has 0 aromatic carbocycles. The summed E-state index contributed by atoms with van der Waals surface area (Å²) in [6.07, 6.45) is 1.85. The van der Waals surface area contributed by atoms with E-state index >= 15 is 0 Å². The lowest BCUT2D eigenvalue weighted by molar-refractivity contribution is 0.0936. The Labute approximate surface area is 102 Å². The minimum atomic E-state index is -0.0348. The standard InChI is InChI=1S/C11H12N2O3S/c1-15-6-4-7(14)10-9(13-11(12)17-10)8-3-2-5-16-8/h2-3,5H,4,6H2,1H3,(H2,12,13). The molecule has 5 nitrogen and oxygen atoms in total. The number of nitrogen functional groups attached to an aromatic ring is 1. The van der Waals surface area contributed by atoms with Gasteiger partial charge in [0, 0.05) is 13.5 Å². The molecule has 0 saturated carbocycles. The van der Waals surface area contributed by atoms with Crippen LogP contribution < -0.4 is 5.73 Å². The molecule has 2 aromatic rings. The van der Waals surface area contributed by atoms with Crippen LogP contribution in [0.15, 0.2) is 22.8 Å². The van der Waals surface area contributed by atoms with E-state index in [1.54, 1.807) is 19.2 Å². The van der Waals surface area contributed by atoms with Crippen molar-refractivity contribution in [3.63, 3.8) is 0 Å². The predicted octanol–water partition coefficient (Wildman–Crippen LogP) is 2.20. The second-order valence-electron chi connectivity index (χ2n) is 3.37. The van der Waals surface area contributed by atoms with Crippen molar-refractivity contribution in [3.05, 3.63) is 23.3 Å². The van der Waals surface area contributed by atoms with E-state index in [0.717, 1.165) is 0 Å². The Hall–Kier alpha value is -1.66. The van der Waals surface area contributed by atoms with Gasteiger partial charge < -0.3 is 14.9 Å². The van der Waals surface area contributed by atoms with E-state index in [2.05, 4.69) is 4.98 Å². The summed E-state index contributed by atoms with van der Waals surface area (Å²) in [6.45, 7) is 0.383. The number of Topliss-reactive ketones (excluding diaryl/α,β-unsaturated/α-hetero) is 1. The van der Waals surface area contributed by atoms with Gasteiger partial charge in [0.2, 0.25) is 0 Å². The molecular weight excluding hydrogens is 240 g/mol. The number of furan rings is 1. The van der Waals surface area contributed by atoms with E-state index < -0.39 is 0 Å². The zero-order valence-corrected chi connectivity index (χ0v) is 10.1. The number of carbonyl (C=O) groups is 1. The molecule has 17 heavy (non-hydrogen) atoms. The maximum atomic E-state index is 11.9. The van der Waals surface area contributed by atoms with E-state index in [1.165, 1.54) is 17.6 Å². The number of nitrogens with two attached hydrogens (primary N) is 1. The molecule has 0 radical (unpaired) electrons. The summed E-state index contributed by atoms with van der Waals surface area (Å²) in [5, 5.41) is 0.358. The van der Waals surface area contributed by atoms with Gasteiger partial charge in [0.1, 0.15) is 10.6 Å². The molecule has 0 fully saturated rings. The summed E-state index contributed by atoms with van der Waals surface area (Å²) in [4.78, 5) is 16.6. The Balaban J connectivity index is 2.31. The number of methoxy groups -OCH3 is 1. The number of hydrogen-bond acceptors (Lipinski definition) is 6. The molecular formula is C11H12N2O3S. The predicted molar refractivity (Wildman–Crippen MR) is 65.1 cm³/mol. The van der Waals surface area contributed by atoms with Gasteiger partial charge >= 0.3 is 0 Å². The Bertz CT molecular complexity index is 505. The number of ketones is 1. The molecule has 0 aliphatic heterocycles. The normalized spacial score (nSPS) is 10.6. The summed E-state index contributed by atoms with van der Waals surface area (Å²) in [6, 6.07) is 3.50. The van der Waals surface area contributed by atoms with Gasteiger partial charge in [-0.1, -0.05) is 11.3 Å². The van der Waals surface area contributed by atoms with Gasteiger partial charge in [-0.3, -0.25) is 4.79 Å². The van der Waals surface area contributed by atoms with Crippen molar-refractivity contribution in [2.45, 2.75) is 6.42 Å². The van der Waals surface area contributed by atoms with Crippen molar-refractivity contribution in [1.29, 1.82) is 0 Å². The third kappa shape index (κ3) is 2.54. The summed E-state index contributed by atoms with van der Waals surface area (Å²) in [7, 11) is 1.56. The second kappa shape index (κ2) is 5.11. The van der Waals surface area contributed by atoms with Crippen LogP contribution >= 0.6 is 11.3 Å². The fourth-order valence-electron chi connectivity index (χ4n) is 1.41. The molecule has 6 heteroatoms. The maximum absolute atomic E-state index is 11.9. The monoisotopic (exact) mass is 252 g/mol. The quantitative estimate of drug-likeness (QED) is 0.825. The molecule has 2 rings (SSSR count). The number of aromatic nitrogens is 1. The highest BCUT2D eigenvalue weighted by molar-refractivity contribution is 7.17. The molecule has 0 saturated heterocycles. The Morgan fingerprint density at radius 1 is 1.65 bits per heavy atom. The Morgan fingerprint density at radius 3 is 3.12 bits per heavy atom.